The molecule has 1 unspecified atom stereocenters. The molecule has 3 amide bonds. The molecule has 6 nitrogen and oxygen atoms in total. The summed E-state index contributed by atoms with van der Waals surface area (Å²) >= 11 is 0. The van der Waals surface area contributed by atoms with Crippen LogP contribution in [0.15, 0.2) is 18.2 Å². The van der Waals surface area contributed by atoms with Crippen molar-refractivity contribution < 1.29 is 14.4 Å². The molecule has 1 atom stereocenters. The van der Waals surface area contributed by atoms with Gasteiger partial charge in [0.1, 0.15) is 0 Å². The lowest BCUT2D eigenvalue weighted by atomic mass is 10.1. The van der Waals surface area contributed by atoms with Gasteiger partial charge in [-0.05, 0) is 36.1 Å². The summed E-state index contributed by atoms with van der Waals surface area (Å²) in [5.74, 6) is 0.144. The van der Waals surface area contributed by atoms with E-state index in [1.165, 1.54) is 0 Å². The van der Waals surface area contributed by atoms with Crippen molar-refractivity contribution in [3.05, 3.63) is 23.8 Å². The van der Waals surface area contributed by atoms with Crippen LogP contribution < -0.4 is 15.1 Å². The van der Waals surface area contributed by atoms with Gasteiger partial charge in [-0.2, -0.15) is 0 Å². The van der Waals surface area contributed by atoms with Crippen LogP contribution in [0.3, 0.4) is 0 Å². The van der Waals surface area contributed by atoms with E-state index in [4.69, 9.17) is 0 Å². The highest BCUT2D eigenvalue weighted by Crippen LogP contribution is 2.34. The summed E-state index contributed by atoms with van der Waals surface area (Å²) in [7, 11) is 0. The van der Waals surface area contributed by atoms with E-state index < -0.39 is 0 Å². The second kappa shape index (κ2) is 7.48. The van der Waals surface area contributed by atoms with Crippen LogP contribution in [0.2, 0.25) is 0 Å². The Bertz CT molecular complexity index is 729. The molecule has 2 heterocycles. The molecule has 1 saturated heterocycles. The maximum absolute atomic E-state index is 12.4. The summed E-state index contributed by atoms with van der Waals surface area (Å²) in [6.07, 6.45) is 1.54. The molecule has 0 aliphatic carbocycles. The van der Waals surface area contributed by atoms with Crippen LogP contribution in [-0.4, -0.2) is 37.4 Å². The molecule has 1 fully saturated rings. The number of fused-ring (bicyclic) bond motifs is 1. The van der Waals surface area contributed by atoms with Crippen molar-refractivity contribution in [3.63, 3.8) is 0 Å². The minimum Gasteiger partial charge on any atom is -0.356 e. The van der Waals surface area contributed by atoms with Crippen LogP contribution in [0.25, 0.3) is 0 Å². The van der Waals surface area contributed by atoms with E-state index in [2.05, 4.69) is 5.32 Å². The number of benzene rings is 1. The monoisotopic (exact) mass is 357 g/mol. The van der Waals surface area contributed by atoms with Gasteiger partial charge in [-0.1, -0.05) is 20.8 Å². The first kappa shape index (κ1) is 18.4. The SMILES string of the molecule is CCC(=O)N1CCc2cc(N3CC(C(=O)NCC(C)C)CC3=O)ccc21. The Balaban J connectivity index is 1.71. The zero-order valence-electron chi connectivity index (χ0n) is 15.7. The number of nitrogens with one attached hydrogen (secondary N) is 1. The van der Waals surface area contributed by atoms with Crippen LogP contribution in [0.4, 0.5) is 11.4 Å². The van der Waals surface area contributed by atoms with Crippen molar-refractivity contribution in [1.29, 1.82) is 0 Å². The van der Waals surface area contributed by atoms with Crippen LogP contribution in [0.1, 0.15) is 39.2 Å². The largest absolute Gasteiger partial charge is 0.356 e. The topological polar surface area (TPSA) is 69.7 Å². The van der Waals surface area contributed by atoms with Crippen molar-refractivity contribution in [1.82, 2.24) is 5.32 Å². The maximum atomic E-state index is 12.4. The molecule has 3 rings (SSSR count). The first-order valence-corrected chi connectivity index (χ1v) is 9.42. The molecule has 6 heteroatoms. The number of rotatable bonds is 5. The molecular formula is C20H27N3O3. The van der Waals surface area contributed by atoms with E-state index >= 15 is 0 Å². The fourth-order valence-electron chi connectivity index (χ4n) is 3.59. The number of nitrogens with zero attached hydrogens (tertiary/aromatic N) is 2. The maximum Gasteiger partial charge on any atom is 0.227 e. The van der Waals surface area contributed by atoms with Crippen molar-refractivity contribution >= 4 is 29.1 Å². The number of amides is 3. The average molecular weight is 357 g/mol. The second-order valence-electron chi connectivity index (χ2n) is 7.51. The highest BCUT2D eigenvalue weighted by atomic mass is 16.2. The third kappa shape index (κ3) is 3.59. The Morgan fingerprint density at radius 1 is 1.31 bits per heavy atom. The smallest absolute Gasteiger partial charge is 0.227 e. The lowest BCUT2D eigenvalue weighted by Gasteiger charge is -2.20. The molecule has 2 aliphatic rings. The van der Waals surface area contributed by atoms with E-state index in [0.717, 1.165) is 23.4 Å². The van der Waals surface area contributed by atoms with Gasteiger partial charge in [0.2, 0.25) is 17.7 Å². The Morgan fingerprint density at radius 2 is 2.08 bits per heavy atom. The van der Waals surface area contributed by atoms with Gasteiger partial charge in [-0.3, -0.25) is 14.4 Å². The molecular weight excluding hydrogens is 330 g/mol. The molecule has 140 valence electrons. The van der Waals surface area contributed by atoms with Gasteiger partial charge < -0.3 is 15.1 Å². The summed E-state index contributed by atoms with van der Waals surface area (Å²) in [6, 6.07) is 5.79. The van der Waals surface area contributed by atoms with Crippen molar-refractivity contribution in [3.8, 4) is 0 Å². The third-order valence-electron chi connectivity index (χ3n) is 5.05. The molecule has 2 aliphatic heterocycles. The van der Waals surface area contributed by atoms with Gasteiger partial charge in [0.25, 0.3) is 0 Å². The molecule has 0 radical (unpaired) electrons. The summed E-state index contributed by atoms with van der Waals surface area (Å²) in [5, 5.41) is 2.92. The van der Waals surface area contributed by atoms with Crippen molar-refractivity contribution in [2.45, 2.75) is 40.0 Å². The van der Waals surface area contributed by atoms with E-state index in [1.54, 1.807) is 4.90 Å². The molecule has 1 N–H and O–H groups in total. The molecule has 0 aromatic heterocycles. The van der Waals surface area contributed by atoms with Gasteiger partial charge in [0.05, 0.1) is 5.92 Å². The van der Waals surface area contributed by atoms with E-state index in [1.807, 2.05) is 43.9 Å². The Labute approximate surface area is 154 Å². The average Bonchev–Trinajstić information content (AvgIpc) is 3.21. The summed E-state index contributed by atoms with van der Waals surface area (Å²) < 4.78 is 0. The van der Waals surface area contributed by atoms with Crippen LogP contribution >= 0.6 is 0 Å². The van der Waals surface area contributed by atoms with Crippen LogP contribution in [-0.2, 0) is 20.8 Å². The quantitative estimate of drug-likeness (QED) is 0.877. The lowest BCUT2D eigenvalue weighted by molar-refractivity contribution is -0.126. The fraction of sp³-hybridized carbons (Fsp3) is 0.550. The number of hydrogen-bond donors (Lipinski definition) is 1. The molecule has 26 heavy (non-hydrogen) atoms. The van der Waals surface area contributed by atoms with Crippen molar-refractivity contribution in [2.75, 3.05) is 29.4 Å². The predicted molar refractivity (Wildman–Crippen MR) is 101 cm³/mol. The standard InChI is InChI=1S/C20H27N3O3/c1-4-18(24)22-8-7-14-9-16(5-6-17(14)22)23-12-15(10-19(23)25)20(26)21-11-13(2)3/h5-6,9,13,15H,4,7-8,10-12H2,1-3H3,(H,21,26). The Hall–Kier alpha value is -2.37. The number of carbonyl (C=O) groups is 3. The number of carbonyl (C=O) groups excluding carboxylic acids is 3. The van der Waals surface area contributed by atoms with E-state index in [-0.39, 0.29) is 30.1 Å². The molecule has 1 aromatic carbocycles. The predicted octanol–water partition coefficient (Wildman–Crippen LogP) is 2.11. The zero-order valence-corrected chi connectivity index (χ0v) is 15.7. The Morgan fingerprint density at radius 3 is 2.77 bits per heavy atom. The van der Waals surface area contributed by atoms with E-state index in [0.29, 0.717) is 32.0 Å². The van der Waals surface area contributed by atoms with Crippen LogP contribution in [0, 0.1) is 11.8 Å². The number of hydrogen-bond acceptors (Lipinski definition) is 3. The van der Waals surface area contributed by atoms with Gasteiger partial charge in [0, 0.05) is 43.9 Å². The van der Waals surface area contributed by atoms with Gasteiger partial charge in [-0.15, -0.1) is 0 Å². The summed E-state index contributed by atoms with van der Waals surface area (Å²) in [6.45, 7) is 7.69. The van der Waals surface area contributed by atoms with Crippen LogP contribution in [0.5, 0.6) is 0 Å². The number of anilines is 2. The Kier molecular flexibility index (Phi) is 5.30. The summed E-state index contributed by atoms with van der Waals surface area (Å²) in [4.78, 5) is 40.2. The van der Waals surface area contributed by atoms with Gasteiger partial charge >= 0.3 is 0 Å². The lowest BCUT2D eigenvalue weighted by Crippen LogP contribution is -2.35. The molecule has 0 saturated carbocycles. The molecule has 0 spiro atoms. The normalized spacial score (nSPS) is 19.2. The third-order valence-corrected chi connectivity index (χ3v) is 5.05. The molecule has 0 bridgehead atoms. The second-order valence-corrected chi connectivity index (χ2v) is 7.51. The fourth-order valence-corrected chi connectivity index (χ4v) is 3.59. The highest BCUT2D eigenvalue weighted by molar-refractivity contribution is 6.01. The zero-order chi connectivity index (χ0) is 18.8. The van der Waals surface area contributed by atoms with Crippen molar-refractivity contribution in [2.24, 2.45) is 11.8 Å². The first-order chi connectivity index (χ1) is 12.4. The first-order valence-electron chi connectivity index (χ1n) is 9.42. The minimum atomic E-state index is -0.298. The highest BCUT2D eigenvalue weighted by Gasteiger charge is 2.35. The van der Waals surface area contributed by atoms with E-state index in [9.17, 15) is 14.4 Å². The van der Waals surface area contributed by atoms with Gasteiger partial charge in [-0.25, -0.2) is 0 Å². The molecule has 1 aromatic rings. The summed E-state index contributed by atoms with van der Waals surface area (Å²) in [5.41, 5.74) is 2.85. The minimum absolute atomic E-state index is 0.0193. The van der Waals surface area contributed by atoms with Gasteiger partial charge in [0.15, 0.2) is 0 Å².